The van der Waals surface area contributed by atoms with Gasteiger partial charge in [-0.1, -0.05) is 17.7 Å². The number of nitrogens with one attached hydrogen (secondary N) is 2. The van der Waals surface area contributed by atoms with Gasteiger partial charge < -0.3 is 15.0 Å². The third kappa shape index (κ3) is 3.79. The summed E-state index contributed by atoms with van der Waals surface area (Å²) >= 11 is 5.91. The van der Waals surface area contributed by atoms with Crippen LogP contribution in [0.3, 0.4) is 0 Å². The number of aromatic nitrogens is 3. The van der Waals surface area contributed by atoms with Crippen molar-refractivity contribution in [2.75, 3.05) is 12.4 Å². The minimum absolute atomic E-state index is 0.200. The lowest BCUT2D eigenvalue weighted by molar-refractivity contribution is 0.137. The molecule has 4 aromatic rings. The van der Waals surface area contributed by atoms with Gasteiger partial charge in [-0.15, -0.1) is 0 Å². The Morgan fingerprint density at radius 2 is 1.96 bits per heavy atom. The van der Waals surface area contributed by atoms with E-state index >= 15 is 0 Å². The molecule has 0 saturated heterocycles. The second-order valence-corrected chi connectivity index (χ2v) is 6.64. The predicted octanol–water partition coefficient (Wildman–Crippen LogP) is 4.96. The Labute approximate surface area is 162 Å². The molecule has 6 heteroatoms. The van der Waals surface area contributed by atoms with Crippen LogP contribution >= 0.6 is 11.6 Å². The summed E-state index contributed by atoms with van der Waals surface area (Å²) in [5.41, 5.74) is 4.86. The molecule has 136 valence electrons. The summed E-state index contributed by atoms with van der Waals surface area (Å²) in [5, 5.41) is 5.11. The number of ether oxygens (including phenoxy) is 1. The molecule has 0 aliphatic carbocycles. The summed E-state index contributed by atoms with van der Waals surface area (Å²) < 4.78 is 5.75. The van der Waals surface area contributed by atoms with Gasteiger partial charge in [-0.05, 0) is 42.5 Å². The number of fused-ring (bicyclic) bond motifs is 1. The molecule has 0 amide bonds. The Balaban J connectivity index is 1.51. The number of benzene rings is 1. The van der Waals surface area contributed by atoms with E-state index in [0.717, 1.165) is 38.6 Å². The molecule has 1 atom stereocenters. The number of hydrogen-bond donors (Lipinski definition) is 2. The summed E-state index contributed by atoms with van der Waals surface area (Å²) in [6, 6.07) is 15.6. The molecule has 0 aliphatic heterocycles. The van der Waals surface area contributed by atoms with E-state index in [2.05, 4.69) is 26.3 Å². The fourth-order valence-electron chi connectivity index (χ4n) is 3.09. The molecule has 0 saturated carbocycles. The highest BCUT2D eigenvalue weighted by Crippen LogP contribution is 2.30. The zero-order valence-electron chi connectivity index (χ0n) is 14.8. The zero-order chi connectivity index (χ0) is 18.6. The summed E-state index contributed by atoms with van der Waals surface area (Å²) in [5.74, 6) is 0. The fraction of sp³-hybridized carbons (Fsp3) is 0.143. The number of rotatable bonds is 6. The van der Waals surface area contributed by atoms with Gasteiger partial charge >= 0.3 is 0 Å². The SMILES string of the molecule is COC(c1ccc(CNc2ccc(Cl)cc2)nc1)c1c[nH]c2ncccc12. The average molecular weight is 379 g/mol. The highest BCUT2D eigenvalue weighted by molar-refractivity contribution is 6.30. The van der Waals surface area contributed by atoms with E-state index in [0.29, 0.717) is 6.54 Å². The monoisotopic (exact) mass is 378 g/mol. The molecular weight excluding hydrogens is 360 g/mol. The van der Waals surface area contributed by atoms with E-state index in [1.165, 1.54) is 0 Å². The molecular formula is C21H19ClN4O. The molecule has 5 nitrogen and oxygen atoms in total. The van der Waals surface area contributed by atoms with Crippen LogP contribution < -0.4 is 5.32 Å². The second kappa shape index (κ2) is 7.78. The topological polar surface area (TPSA) is 62.8 Å². The molecule has 3 heterocycles. The van der Waals surface area contributed by atoms with Crippen molar-refractivity contribution in [3.05, 3.63) is 89.0 Å². The van der Waals surface area contributed by atoms with Gasteiger partial charge in [0.25, 0.3) is 0 Å². The van der Waals surface area contributed by atoms with Crippen molar-refractivity contribution in [1.82, 2.24) is 15.0 Å². The second-order valence-electron chi connectivity index (χ2n) is 6.20. The highest BCUT2D eigenvalue weighted by atomic mass is 35.5. The van der Waals surface area contributed by atoms with Gasteiger partial charge in [-0.25, -0.2) is 4.98 Å². The van der Waals surface area contributed by atoms with Crippen LogP contribution in [0.2, 0.25) is 5.02 Å². The molecule has 2 N–H and O–H groups in total. The van der Waals surface area contributed by atoms with Gasteiger partial charge in [0.1, 0.15) is 11.8 Å². The van der Waals surface area contributed by atoms with E-state index in [4.69, 9.17) is 16.3 Å². The number of H-pyrrole nitrogens is 1. The number of aromatic amines is 1. The molecule has 3 aromatic heterocycles. The Morgan fingerprint density at radius 3 is 2.70 bits per heavy atom. The largest absolute Gasteiger partial charge is 0.379 e. The average Bonchev–Trinajstić information content (AvgIpc) is 3.13. The molecule has 0 aliphatic rings. The number of pyridine rings is 2. The van der Waals surface area contributed by atoms with Crippen molar-refractivity contribution < 1.29 is 4.74 Å². The highest BCUT2D eigenvalue weighted by Gasteiger charge is 2.18. The number of nitrogens with zero attached hydrogens (tertiary/aromatic N) is 2. The minimum atomic E-state index is -0.200. The number of anilines is 1. The van der Waals surface area contributed by atoms with Crippen molar-refractivity contribution in [2.24, 2.45) is 0 Å². The van der Waals surface area contributed by atoms with Crippen molar-refractivity contribution in [3.8, 4) is 0 Å². The van der Waals surface area contributed by atoms with Crippen LogP contribution in [0.1, 0.15) is 22.9 Å². The molecule has 4 rings (SSSR count). The maximum atomic E-state index is 5.91. The van der Waals surface area contributed by atoms with Gasteiger partial charge in [0.2, 0.25) is 0 Å². The first kappa shape index (κ1) is 17.5. The molecule has 0 spiro atoms. The molecule has 1 unspecified atom stereocenters. The van der Waals surface area contributed by atoms with Gasteiger partial charge in [0.05, 0.1) is 12.2 Å². The third-order valence-corrected chi connectivity index (χ3v) is 4.72. The Bertz CT molecular complexity index is 1030. The fourth-order valence-corrected chi connectivity index (χ4v) is 3.22. The Hall–Kier alpha value is -2.89. The molecule has 1 aromatic carbocycles. The zero-order valence-corrected chi connectivity index (χ0v) is 15.6. The first-order chi connectivity index (χ1) is 13.2. The molecule has 27 heavy (non-hydrogen) atoms. The summed E-state index contributed by atoms with van der Waals surface area (Å²) in [6.07, 6.45) is 5.38. The first-order valence-electron chi connectivity index (χ1n) is 8.63. The lowest BCUT2D eigenvalue weighted by Gasteiger charge is -2.15. The van der Waals surface area contributed by atoms with Crippen LogP contribution in [0.25, 0.3) is 11.0 Å². The van der Waals surface area contributed by atoms with E-state index < -0.39 is 0 Å². The minimum Gasteiger partial charge on any atom is -0.379 e. The van der Waals surface area contributed by atoms with Gasteiger partial charge in [-0.3, -0.25) is 4.98 Å². The van der Waals surface area contributed by atoms with Crippen molar-refractivity contribution in [3.63, 3.8) is 0 Å². The maximum absolute atomic E-state index is 5.91. The van der Waals surface area contributed by atoms with Crippen LogP contribution in [0, 0.1) is 0 Å². The van der Waals surface area contributed by atoms with Gasteiger partial charge in [-0.2, -0.15) is 0 Å². The summed E-state index contributed by atoms with van der Waals surface area (Å²) in [6.45, 7) is 0.635. The van der Waals surface area contributed by atoms with E-state index in [-0.39, 0.29) is 6.10 Å². The standard InChI is InChI=1S/C21H19ClN4O/c1-27-20(19-13-26-21-18(19)3-2-10-23-21)14-4-7-17(24-11-14)12-25-16-8-5-15(22)6-9-16/h2-11,13,20,25H,12H2,1H3,(H,23,26). The third-order valence-electron chi connectivity index (χ3n) is 4.47. The van der Waals surface area contributed by atoms with Crippen LogP contribution in [0.15, 0.2) is 67.1 Å². The Kier molecular flexibility index (Phi) is 5.05. The summed E-state index contributed by atoms with van der Waals surface area (Å²) in [4.78, 5) is 12.1. The van der Waals surface area contributed by atoms with Crippen molar-refractivity contribution in [1.29, 1.82) is 0 Å². The quantitative estimate of drug-likeness (QED) is 0.497. The van der Waals surface area contributed by atoms with Crippen LogP contribution in [-0.2, 0) is 11.3 Å². The predicted molar refractivity (Wildman–Crippen MR) is 108 cm³/mol. The van der Waals surface area contributed by atoms with Gasteiger partial charge in [0.15, 0.2) is 0 Å². The van der Waals surface area contributed by atoms with Gasteiger partial charge in [0, 0.05) is 52.9 Å². The number of methoxy groups -OCH3 is 1. The van der Waals surface area contributed by atoms with Crippen LogP contribution in [0.4, 0.5) is 5.69 Å². The lowest BCUT2D eigenvalue weighted by atomic mass is 10.0. The number of hydrogen-bond acceptors (Lipinski definition) is 4. The van der Waals surface area contributed by atoms with E-state index in [1.807, 2.05) is 54.9 Å². The molecule has 0 bridgehead atoms. The first-order valence-corrected chi connectivity index (χ1v) is 9.01. The maximum Gasteiger partial charge on any atom is 0.137 e. The smallest absolute Gasteiger partial charge is 0.137 e. The van der Waals surface area contributed by atoms with Crippen molar-refractivity contribution in [2.45, 2.75) is 12.6 Å². The number of halogens is 1. The van der Waals surface area contributed by atoms with Crippen molar-refractivity contribution >= 4 is 28.3 Å². The Morgan fingerprint density at radius 1 is 1.11 bits per heavy atom. The van der Waals surface area contributed by atoms with Crippen LogP contribution in [-0.4, -0.2) is 22.1 Å². The van der Waals surface area contributed by atoms with E-state index in [9.17, 15) is 0 Å². The van der Waals surface area contributed by atoms with E-state index in [1.54, 1.807) is 13.3 Å². The normalized spacial score (nSPS) is 12.2. The summed E-state index contributed by atoms with van der Waals surface area (Å²) in [7, 11) is 1.70. The van der Waals surface area contributed by atoms with Crippen LogP contribution in [0.5, 0.6) is 0 Å². The molecule has 0 fully saturated rings. The molecule has 0 radical (unpaired) electrons. The lowest BCUT2D eigenvalue weighted by Crippen LogP contribution is -2.06.